The molecule has 4 rings (SSSR count). The van der Waals surface area contributed by atoms with Gasteiger partial charge in [-0.3, -0.25) is 4.79 Å². The fourth-order valence-electron chi connectivity index (χ4n) is 2.93. The molecule has 2 aromatic carbocycles. The first-order valence-corrected chi connectivity index (χ1v) is 7.63. The Hall–Kier alpha value is -1.71. The number of ketones is 1. The number of carbonyl (C=O) groups excluding carboxylic acids is 1. The SMILES string of the molecule is O=C(c1cc(C2OCCCO2)c2ccccc2c1)C1CC1. The van der Waals surface area contributed by atoms with E-state index in [0.29, 0.717) is 13.2 Å². The van der Waals surface area contributed by atoms with E-state index in [0.717, 1.165) is 41.2 Å². The standard InChI is InChI=1S/C18H18O3/c19-17(12-6-7-12)14-10-13-4-1-2-5-15(13)16(11-14)18-20-8-3-9-21-18/h1-2,4-5,10-12,18H,3,6-9H2. The van der Waals surface area contributed by atoms with Crippen molar-refractivity contribution < 1.29 is 14.3 Å². The van der Waals surface area contributed by atoms with Gasteiger partial charge in [-0.15, -0.1) is 0 Å². The molecule has 0 aromatic heterocycles. The number of hydrogen-bond donors (Lipinski definition) is 0. The predicted molar refractivity (Wildman–Crippen MR) is 80.3 cm³/mol. The molecule has 0 amide bonds. The van der Waals surface area contributed by atoms with Crippen molar-refractivity contribution in [2.75, 3.05) is 13.2 Å². The van der Waals surface area contributed by atoms with Crippen LogP contribution in [0.15, 0.2) is 36.4 Å². The molecule has 1 saturated carbocycles. The molecule has 21 heavy (non-hydrogen) atoms. The van der Waals surface area contributed by atoms with Crippen molar-refractivity contribution in [3.63, 3.8) is 0 Å². The molecule has 2 aromatic rings. The Labute approximate surface area is 123 Å². The molecule has 0 N–H and O–H groups in total. The Kier molecular flexibility index (Phi) is 3.24. The quantitative estimate of drug-likeness (QED) is 0.802. The number of ether oxygens (including phenoxy) is 2. The molecule has 2 fully saturated rings. The minimum Gasteiger partial charge on any atom is -0.348 e. The molecule has 1 aliphatic carbocycles. The van der Waals surface area contributed by atoms with Crippen LogP contribution in [0.25, 0.3) is 10.8 Å². The van der Waals surface area contributed by atoms with Gasteiger partial charge in [-0.2, -0.15) is 0 Å². The van der Waals surface area contributed by atoms with E-state index >= 15 is 0 Å². The Bertz CT molecular complexity index is 682. The summed E-state index contributed by atoms with van der Waals surface area (Å²) in [4.78, 5) is 12.4. The van der Waals surface area contributed by atoms with Crippen molar-refractivity contribution in [1.82, 2.24) is 0 Å². The van der Waals surface area contributed by atoms with Crippen LogP contribution in [0.1, 0.15) is 41.5 Å². The summed E-state index contributed by atoms with van der Waals surface area (Å²) in [5, 5.41) is 2.19. The zero-order valence-corrected chi connectivity index (χ0v) is 11.9. The van der Waals surface area contributed by atoms with Gasteiger partial charge in [0.05, 0.1) is 13.2 Å². The van der Waals surface area contributed by atoms with Gasteiger partial charge in [0.15, 0.2) is 12.1 Å². The number of hydrogen-bond acceptors (Lipinski definition) is 3. The molecular formula is C18H18O3. The molecule has 1 heterocycles. The van der Waals surface area contributed by atoms with Crippen LogP contribution in [0.2, 0.25) is 0 Å². The van der Waals surface area contributed by atoms with Gasteiger partial charge in [-0.25, -0.2) is 0 Å². The van der Waals surface area contributed by atoms with E-state index in [1.165, 1.54) is 0 Å². The Balaban J connectivity index is 1.83. The van der Waals surface area contributed by atoms with Crippen molar-refractivity contribution in [3.8, 4) is 0 Å². The summed E-state index contributed by atoms with van der Waals surface area (Å²) in [5.41, 5.74) is 1.78. The molecule has 0 bridgehead atoms. The normalized spacial score (nSPS) is 19.8. The van der Waals surface area contributed by atoms with E-state index in [2.05, 4.69) is 6.07 Å². The Morgan fingerprint density at radius 2 is 1.81 bits per heavy atom. The molecule has 3 heteroatoms. The van der Waals surface area contributed by atoms with Crippen molar-refractivity contribution in [2.45, 2.75) is 25.6 Å². The van der Waals surface area contributed by atoms with E-state index < -0.39 is 0 Å². The lowest BCUT2D eigenvalue weighted by Gasteiger charge is -2.25. The number of rotatable bonds is 3. The zero-order chi connectivity index (χ0) is 14.2. The summed E-state index contributed by atoms with van der Waals surface area (Å²) in [6.45, 7) is 1.42. The van der Waals surface area contributed by atoms with Gasteiger partial charge in [0.2, 0.25) is 0 Å². The maximum absolute atomic E-state index is 12.4. The summed E-state index contributed by atoms with van der Waals surface area (Å²) in [5.74, 6) is 0.491. The average molecular weight is 282 g/mol. The second kappa shape index (κ2) is 5.24. The van der Waals surface area contributed by atoms with Crippen molar-refractivity contribution in [1.29, 1.82) is 0 Å². The maximum atomic E-state index is 12.4. The Morgan fingerprint density at radius 1 is 1.05 bits per heavy atom. The van der Waals surface area contributed by atoms with Crippen LogP contribution in [0.4, 0.5) is 0 Å². The first-order valence-electron chi connectivity index (χ1n) is 7.63. The van der Waals surface area contributed by atoms with Crippen LogP contribution in [0.3, 0.4) is 0 Å². The summed E-state index contributed by atoms with van der Waals surface area (Å²) >= 11 is 0. The summed E-state index contributed by atoms with van der Waals surface area (Å²) in [6, 6.07) is 12.1. The molecule has 1 aliphatic heterocycles. The second-order valence-corrected chi connectivity index (χ2v) is 5.85. The van der Waals surface area contributed by atoms with Gasteiger partial charge >= 0.3 is 0 Å². The van der Waals surface area contributed by atoms with Gasteiger partial charge in [-0.05, 0) is 42.2 Å². The van der Waals surface area contributed by atoms with Crippen LogP contribution in [-0.4, -0.2) is 19.0 Å². The van der Waals surface area contributed by atoms with E-state index in [-0.39, 0.29) is 18.0 Å². The number of carbonyl (C=O) groups is 1. The van der Waals surface area contributed by atoms with E-state index in [4.69, 9.17) is 9.47 Å². The van der Waals surface area contributed by atoms with Crippen LogP contribution in [0.5, 0.6) is 0 Å². The molecule has 108 valence electrons. The fourth-order valence-corrected chi connectivity index (χ4v) is 2.93. The molecule has 0 atom stereocenters. The zero-order valence-electron chi connectivity index (χ0n) is 11.9. The van der Waals surface area contributed by atoms with E-state index in [9.17, 15) is 4.79 Å². The highest BCUT2D eigenvalue weighted by molar-refractivity contribution is 6.03. The number of benzene rings is 2. The molecular weight excluding hydrogens is 264 g/mol. The van der Waals surface area contributed by atoms with Gasteiger partial charge in [0, 0.05) is 17.0 Å². The van der Waals surface area contributed by atoms with Crippen molar-refractivity contribution in [3.05, 3.63) is 47.5 Å². The summed E-state index contributed by atoms with van der Waals surface area (Å²) in [6.07, 6.45) is 2.62. The number of fused-ring (bicyclic) bond motifs is 1. The monoisotopic (exact) mass is 282 g/mol. The summed E-state index contributed by atoms with van der Waals surface area (Å²) in [7, 11) is 0. The first-order chi connectivity index (χ1) is 10.3. The van der Waals surface area contributed by atoms with Crippen LogP contribution >= 0.6 is 0 Å². The third-order valence-corrected chi connectivity index (χ3v) is 4.21. The highest BCUT2D eigenvalue weighted by Gasteiger charge is 2.31. The number of Topliss-reactive ketones (excluding diaryl/α,β-unsaturated/α-hetero) is 1. The average Bonchev–Trinajstić information content (AvgIpc) is 3.39. The predicted octanol–water partition coefficient (Wildman–Crippen LogP) is 3.87. The minimum atomic E-state index is -0.351. The third-order valence-electron chi connectivity index (χ3n) is 4.21. The highest BCUT2D eigenvalue weighted by atomic mass is 16.7. The molecule has 2 aliphatic rings. The van der Waals surface area contributed by atoms with Gasteiger partial charge < -0.3 is 9.47 Å². The highest BCUT2D eigenvalue weighted by Crippen LogP contribution is 2.36. The van der Waals surface area contributed by atoms with Crippen molar-refractivity contribution >= 4 is 16.6 Å². The van der Waals surface area contributed by atoms with E-state index in [1.54, 1.807) is 0 Å². The van der Waals surface area contributed by atoms with Crippen LogP contribution in [-0.2, 0) is 9.47 Å². The largest absolute Gasteiger partial charge is 0.348 e. The van der Waals surface area contributed by atoms with Gasteiger partial charge in [0.25, 0.3) is 0 Å². The molecule has 3 nitrogen and oxygen atoms in total. The smallest absolute Gasteiger partial charge is 0.184 e. The van der Waals surface area contributed by atoms with Gasteiger partial charge in [0.1, 0.15) is 0 Å². The maximum Gasteiger partial charge on any atom is 0.184 e. The van der Waals surface area contributed by atoms with Gasteiger partial charge in [-0.1, -0.05) is 24.3 Å². The lowest BCUT2D eigenvalue weighted by molar-refractivity contribution is -0.182. The lowest BCUT2D eigenvalue weighted by atomic mass is 9.97. The topological polar surface area (TPSA) is 35.5 Å². The van der Waals surface area contributed by atoms with Crippen LogP contribution < -0.4 is 0 Å². The molecule has 0 radical (unpaired) electrons. The lowest BCUT2D eigenvalue weighted by Crippen LogP contribution is -2.18. The minimum absolute atomic E-state index is 0.229. The molecule has 0 spiro atoms. The molecule has 1 saturated heterocycles. The molecule has 0 unspecified atom stereocenters. The summed E-state index contributed by atoms with van der Waals surface area (Å²) < 4.78 is 11.5. The fraction of sp³-hybridized carbons (Fsp3) is 0.389. The first kappa shape index (κ1) is 13.0. The second-order valence-electron chi connectivity index (χ2n) is 5.85. The third kappa shape index (κ3) is 2.47. The van der Waals surface area contributed by atoms with E-state index in [1.807, 2.05) is 30.3 Å². The van der Waals surface area contributed by atoms with Crippen LogP contribution in [0, 0.1) is 5.92 Å². The van der Waals surface area contributed by atoms with Crippen molar-refractivity contribution in [2.24, 2.45) is 5.92 Å². The Morgan fingerprint density at radius 3 is 2.57 bits per heavy atom.